The van der Waals surface area contributed by atoms with Gasteiger partial charge in [-0.05, 0) is 96.5 Å². The first kappa shape index (κ1) is 32.4. The molecule has 0 saturated carbocycles. The van der Waals surface area contributed by atoms with E-state index in [0.717, 1.165) is 55.1 Å². The van der Waals surface area contributed by atoms with Crippen LogP contribution in [-0.4, -0.2) is 43.5 Å². The van der Waals surface area contributed by atoms with Gasteiger partial charge in [0.25, 0.3) is 5.91 Å². The number of carboxylic acids is 1. The molecule has 43 heavy (non-hydrogen) atoms. The summed E-state index contributed by atoms with van der Waals surface area (Å²) in [5.41, 5.74) is 7.80. The zero-order valence-corrected chi connectivity index (χ0v) is 26.2. The number of amides is 1. The van der Waals surface area contributed by atoms with Crippen molar-refractivity contribution < 1.29 is 27.9 Å². The number of carboxylic acid groups (broad SMARTS) is 1. The van der Waals surface area contributed by atoms with Crippen molar-refractivity contribution in [3.8, 4) is 11.1 Å². The molecule has 0 radical (unpaired) electrons. The number of carbonyl (C=O) groups is 2. The van der Waals surface area contributed by atoms with E-state index in [0.29, 0.717) is 17.7 Å². The van der Waals surface area contributed by atoms with Crippen LogP contribution in [0.1, 0.15) is 89.7 Å². The van der Waals surface area contributed by atoms with E-state index >= 15 is 0 Å². The van der Waals surface area contributed by atoms with Gasteiger partial charge in [-0.25, -0.2) is 13.2 Å². The number of rotatable bonds is 14. The van der Waals surface area contributed by atoms with Gasteiger partial charge in [0, 0.05) is 11.8 Å². The second-order valence-electron chi connectivity index (χ2n) is 11.7. The van der Waals surface area contributed by atoms with Crippen molar-refractivity contribution in [2.75, 3.05) is 12.0 Å². The molecule has 1 aliphatic rings. The number of hydrogen-bond acceptors (Lipinski definition) is 5. The molecule has 0 spiro atoms. The van der Waals surface area contributed by atoms with Gasteiger partial charge < -0.3 is 15.2 Å². The Morgan fingerprint density at radius 1 is 0.953 bits per heavy atom. The van der Waals surface area contributed by atoms with E-state index in [1.54, 1.807) is 6.07 Å². The zero-order chi connectivity index (χ0) is 31.0. The highest BCUT2D eigenvalue weighted by molar-refractivity contribution is 7.90. The number of sulfone groups is 1. The first-order valence-electron chi connectivity index (χ1n) is 15.2. The minimum atomic E-state index is -3.39. The molecule has 8 heteroatoms. The molecule has 0 bridgehead atoms. The van der Waals surface area contributed by atoms with Crippen LogP contribution in [0.5, 0.6) is 0 Å². The van der Waals surface area contributed by atoms with Crippen LogP contribution < -0.4 is 5.32 Å². The largest absolute Gasteiger partial charge is 0.480 e. The van der Waals surface area contributed by atoms with E-state index in [4.69, 9.17) is 4.74 Å². The van der Waals surface area contributed by atoms with Crippen molar-refractivity contribution in [1.82, 2.24) is 5.32 Å². The lowest BCUT2D eigenvalue weighted by Crippen LogP contribution is -2.42. The fourth-order valence-electron chi connectivity index (χ4n) is 5.69. The summed E-state index contributed by atoms with van der Waals surface area (Å²) >= 11 is 0. The van der Waals surface area contributed by atoms with Crippen LogP contribution in [0.4, 0.5) is 0 Å². The predicted molar refractivity (Wildman–Crippen MR) is 170 cm³/mol. The molecule has 2 atom stereocenters. The second kappa shape index (κ2) is 14.8. The Labute approximate surface area is 255 Å². The summed E-state index contributed by atoms with van der Waals surface area (Å²) in [5, 5.41) is 12.2. The summed E-state index contributed by atoms with van der Waals surface area (Å²) in [6.45, 7) is 4.50. The quantitative estimate of drug-likeness (QED) is 0.214. The van der Waals surface area contributed by atoms with Crippen LogP contribution >= 0.6 is 0 Å². The highest BCUT2D eigenvalue weighted by Crippen LogP contribution is 2.32. The van der Waals surface area contributed by atoms with E-state index in [9.17, 15) is 23.1 Å². The van der Waals surface area contributed by atoms with E-state index in [2.05, 4.69) is 30.4 Å². The molecule has 0 aliphatic heterocycles. The summed E-state index contributed by atoms with van der Waals surface area (Å²) in [4.78, 5) is 25.3. The molecule has 0 saturated heterocycles. The monoisotopic (exact) mass is 605 g/mol. The molecule has 0 fully saturated rings. The van der Waals surface area contributed by atoms with Crippen LogP contribution in [-0.2, 0) is 38.8 Å². The van der Waals surface area contributed by atoms with E-state index in [1.165, 1.54) is 29.5 Å². The summed E-state index contributed by atoms with van der Waals surface area (Å²) in [7, 11) is -3.39. The van der Waals surface area contributed by atoms with Crippen molar-refractivity contribution in [2.24, 2.45) is 0 Å². The average Bonchev–Trinajstić information content (AvgIpc) is 2.98. The molecule has 3 aromatic carbocycles. The Bertz CT molecular complexity index is 1550. The maximum atomic E-state index is 13.4. The average molecular weight is 606 g/mol. The number of hydrogen-bond donors (Lipinski definition) is 2. The lowest BCUT2D eigenvalue weighted by molar-refractivity contribution is -0.139. The third-order valence-corrected chi connectivity index (χ3v) is 9.14. The van der Waals surface area contributed by atoms with Crippen LogP contribution in [0.2, 0.25) is 0 Å². The summed E-state index contributed by atoms with van der Waals surface area (Å²) in [6.07, 6.45) is 8.57. The minimum absolute atomic E-state index is 0.0387. The summed E-state index contributed by atoms with van der Waals surface area (Å²) in [5.74, 6) is -2.18. The molecule has 2 N–H and O–H groups in total. The molecule has 7 nitrogen and oxygen atoms in total. The van der Waals surface area contributed by atoms with Crippen LogP contribution in [0.15, 0.2) is 60.7 Å². The standard InChI is InChI=1S/C35H43NO6S/c1-4-5-14-33(28-17-16-26-11-7-8-12-27(26)22-28)42-23-25-15-18-30(31(21-25)29-13-9-6-10-24(29)2)34(37)36-32(35(38)39)19-20-43(3,40)41/h6,9-10,13,15-18,21-22,32-33H,4-5,7-8,11-12,14,19-20,23H2,1-3H3,(H,36,37)(H,38,39)/t32-,33-/m0/s1. The molecule has 1 amide bonds. The van der Waals surface area contributed by atoms with Gasteiger partial charge in [0.15, 0.2) is 0 Å². The number of unbranched alkanes of at least 4 members (excludes halogenated alkanes) is 1. The van der Waals surface area contributed by atoms with Gasteiger partial charge >= 0.3 is 5.97 Å². The minimum Gasteiger partial charge on any atom is -0.480 e. The normalized spacial score (nSPS) is 14.5. The fraction of sp³-hybridized carbons (Fsp3) is 0.429. The van der Waals surface area contributed by atoms with E-state index < -0.39 is 27.8 Å². The maximum absolute atomic E-state index is 13.4. The third-order valence-electron chi connectivity index (χ3n) is 8.16. The van der Waals surface area contributed by atoms with Crippen molar-refractivity contribution >= 4 is 21.7 Å². The molecule has 4 rings (SSSR count). The van der Waals surface area contributed by atoms with Gasteiger partial charge in [-0.3, -0.25) is 4.79 Å². The van der Waals surface area contributed by atoms with E-state index in [-0.39, 0.29) is 18.3 Å². The topological polar surface area (TPSA) is 110 Å². The molecule has 3 aromatic rings. The van der Waals surface area contributed by atoms with Crippen molar-refractivity contribution in [3.63, 3.8) is 0 Å². The van der Waals surface area contributed by atoms with Gasteiger partial charge in [0.05, 0.1) is 18.5 Å². The summed E-state index contributed by atoms with van der Waals surface area (Å²) < 4.78 is 29.8. The molecule has 0 unspecified atom stereocenters. The Hall–Kier alpha value is -3.49. The molecule has 1 aliphatic carbocycles. The van der Waals surface area contributed by atoms with Gasteiger partial charge in [-0.2, -0.15) is 0 Å². The smallest absolute Gasteiger partial charge is 0.326 e. The van der Waals surface area contributed by atoms with Crippen molar-refractivity contribution in [1.29, 1.82) is 0 Å². The highest BCUT2D eigenvalue weighted by Gasteiger charge is 2.24. The zero-order valence-electron chi connectivity index (χ0n) is 25.4. The molecule has 230 valence electrons. The number of nitrogens with one attached hydrogen (secondary N) is 1. The first-order valence-corrected chi connectivity index (χ1v) is 17.3. The SMILES string of the molecule is CCCC[C@H](OCc1ccc(C(=O)N[C@@H](CCS(C)(=O)=O)C(=O)O)c(-c2ccccc2C)c1)c1ccc2c(c1)CCCC2. The molecule has 0 heterocycles. The lowest BCUT2D eigenvalue weighted by atomic mass is 9.89. The van der Waals surface area contributed by atoms with Crippen molar-refractivity contribution in [2.45, 2.75) is 84.0 Å². The van der Waals surface area contributed by atoms with Crippen LogP contribution in [0.3, 0.4) is 0 Å². The second-order valence-corrected chi connectivity index (χ2v) is 13.9. The van der Waals surface area contributed by atoms with Gasteiger partial charge in [0.2, 0.25) is 0 Å². The number of carbonyl (C=O) groups excluding carboxylic acids is 1. The Balaban J connectivity index is 1.60. The van der Waals surface area contributed by atoms with Crippen molar-refractivity contribution in [3.05, 3.63) is 94.0 Å². The number of aryl methyl sites for hydroxylation is 3. The maximum Gasteiger partial charge on any atom is 0.326 e. The summed E-state index contributed by atoms with van der Waals surface area (Å²) in [6, 6.07) is 18.7. The molecular weight excluding hydrogens is 562 g/mol. The Kier molecular flexibility index (Phi) is 11.2. The van der Waals surface area contributed by atoms with Crippen LogP contribution in [0, 0.1) is 6.92 Å². The molecule has 0 aromatic heterocycles. The Morgan fingerprint density at radius 2 is 1.70 bits per heavy atom. The molecular formula is C35H43NO6S. The Morgan fingerprint density at radius 3 is 2.40 bits per heavy atom. The third kappa shape index (κ3) is 9.00. The van der Waals surface area contributed by atoms with E-state index in [1.807, 2.05) is 43.3 Å². The number of aliphatic carboxylic acids is 1. The first-order chi connectivity index (χ1) is 20.6. The lowest BCUT2D eigenvalue weighted by Gasteiger charge is -2.23. The van der Waals surface area contributed by atoms with Gasteiger partial charge in [-0.15, -0.1) is 0 Å². The number of benzene rings is 3. The fourth-order valence-corrected chi connectivity index (χ4v) is 6.35. The van der Waals surface area contributed by atoms with Crippen LogP contribution in [0.25, 0.3) is 11.1 Å². The number of fused-ring (bicyclic) bond motifs is 1. The number of ether oxygens (including phenoxy) is 1. The van der Waals surface area contributed by atoms with Gasteiger partial charge in [-0.1, -0.05) is 68.3 Å². The highest BCUT2D eigenvalue weighted by atomic mass is 32.2. The van der Waals surface area contributed by atoms with Gasteiger partial charge in [0.1, 0.15) is 15.9 Å². The predicted octanol–water partition coefficient (Wildman–Crippen LogP) is 6.61.